The van der Waals surface area contributed by atoms with Crippen LogP contribution in [0.2, 0.25) is 0 Å². The highest BCUT2D eigenvalue weighted by atomic mass is 14.4. The Morgan fingerprint density at radius 3 is 2.41 bits per heavy atom. The van der Waals surface area contributed by atoms with E-state index in [0.717, 1.165) is 17.8 Å². The summed E-state index contributed by atoms with van der Waals surface area (Å²) in [7, 11) is 0. The van der Waals surface area contributed by atoms with Gasteiger partial charge in [-0.15, -0.1) is 0 Å². The summed E-state index contributed by atoms with van der Waals surface area (Å²) in [5.74, 6) is 2.78. The van der Waals surface area contributed by atoms with Gasteiger partial charge in [-0.1, -0.05) is 49.8 Å². The molecular formula is C17H26. The normalized spacial score (nSPS) is 34.8. The highest BCUT2D eigenvalue weighted by Gasteiger charge is 2.31. The first-order valence-corrected chi connectivity index (χ1v) is 7.66. The number of rotatable bonds is 2. The summed E-state index contributed by atoms with van der Waals surface area (Å²) < 4.78 is 0. The maximum atomic E-state index is 2.62. The summed E-state index contributed by atoms with van der Waals surface area (Å²) >= 11 is 0. The van der Waals surface area contributed by atoms with Crippen LogP contribution in [0.5, 0.6) is 0 Å². The Kier molecular flexibility index (Phi) is 3.15. The zero-order valence-corrected chi connectivity index (χ0v) is 11.5. The molecule has 0 heteroatoms. The van der Waals surface area contributed by atoms with Gasteiger partial charge in [0, 0.05) is 0 Å². The van der Waals surface area contributed by atoms with Crippen LogP contribution in [0.25, 0.3) is 0 Å². The second-order valence-corrected chi connectivity index (χ2v) is 6.63. The van der Waals surface area contributed by atoms with Gasteiger partial charge in [0.25, 0.3) is 0 Å². The fourth-order valence-electron chi connectivity index (χ4n) is 4.42. The van der Waals surface area contributed by atoms with E-state index < -0.39 is 0 Å². The molecule has 94 valence electrons. The molecule has 3 aliphatic carbocycles. The minimum Gasteiger partial charge on any atom is -0.0658 e. The van der Waals surface area contributed by atoms with Crippen molar-refractivity contribution in [2.45, 2.75) is 65.2 Å². The summed E-state index contributed by atoms with van der Waals surface area (Å²) in [5.41, 5.74) is 5.23. The largest absolute Gasteiger partial charge is 0.0658 e. The molecule has 0 aromatic heterocycles. The lowest BCUT2D eigenvalue weighted by atomic mass is 9.88. The van der Waals surface area contributed by atoms with Crippen molar-refractivity contribution in [3.8, 4) is 0 Å². The monoisotopic (exact) mass is 230 g/mol. The topological polar surface area (TPSA) is 0 Å². The summed E-state index contributed by atoms with van der Waals surface area (Å²) in [6, 6.07) is 0. The van der Waals surface area contributed by atoms with E-state index >= 15 is 0 Å². The van der Waals surface area contributed by atoms with E-state index in [1.807, 2.05) is 0 Å². The average molecular weight is 230 g/mol. The minimum absolute atomic E-state index is 0.920. The maximum Gasteiger partial charge on any atom is -0.00992 e. The lowest BCUT2D eigenvalue weighted by Gasteiger charge is -2.17. The Labute approximate surface area is 106 Å². The molecule has 0 nitrogen and oxygen atoms in total. The maximum absolute atomic E-state index is 2.62. The van der Waals surface area contributed by atoms with E-state index in [-0.39, 0.29) is 0 Å². The molecule has 0 bridgehead atoms. The zero-order valence-electron chi connectivity index (χ0n) is 11.5. The van der Waals surface area contributed by atoms with Gasteiger partial charge in [0.2, 0.25) is 0 Å². The Bertz CT molecular complexity index is 352. The number of hydrogen-bond acceptors (Lipinski definition) is 0. The Balaban J connectivity index is 1.75. The Morgan fingerprint density at radius 1 is 1.00 bits per heavy atom. The van der Waals surface area contributed by atoms with Crippen LogP contribution >= 0.6 is 0 Å². The van der Waals surface area contributed by atoms with Crippen molar-refractivity contribution in [2.75, 3.05) is 0 Å². The van der Waals surface area contributed by atoms with Crippen molar-refractivity contribution in [1.82, 2.24) is 0 Å². The van der Waals surface area contributed by atoms with Gasteiger partial charge in [-0.3, -0.25) is 0 Å². The first-order valence-electron chi connectivity index (χ1n) is 7.66. The van der Waals surface area contributed by atoms with Gasteiger partial charge in [-0.25, -0.2) is 0 Å². The van der Waals surface area contributed by atoms with Crippen LogP contribution in [0.1, 0.15) is 65.2 Å². The van der Waals surface area contributed by atoms with Crippen LogP contribution in [0.3, 0.4) is 0 Å². The summed E-state index contributed by atoms with van der Waals surface area (Å²) in [4.78, 5) is 0. The van der Waals surface area contributed by atoms with E-state index in [0.29, 0.717) is 0 Å². The number of allylic oxidation sites excluding steroid dienone is 4. The van der Waals surface area contributed by atoms with Crippen molar-refractivity contribution >= 4 is 0 Å². The van der Waals surface area contributed by atoms with E-state index in [2.05, 4.69) is 19.9 Å². The van der Waals surface area contributed by atoms with Crippen molar-refractivity contribution in [3.63, 3.8) is 0 Å². The molecule has 17 heavy (non-hydrogen) atoms. The van der Waals surface area contributed by atoms with E-state index in [1.165, 1.54) is 51.4 Å². The first-order chi connectivity index (χ1) is 8.25. The molecule has 0 radical (unpaired) electrons. The van der Waals surface area contributed by atoms with Crippen LogP contribution in [0.15, 0.2) is 22.8 Å². The molecule has 0 aromatic rings. The highest BCUT2D eigenvalue weighted by Crippen LogP contribution is 2.45. The fourth-order valence-corrected chi connectivity index (χ4v) is 4.42. The van der Waals surface area contributed by atoms with Crippen molar-refractivity contribution in [1.29, 1.82) is 0 Å². The van der Waals surface area contributed by atoms with Crippen LogP contribution < -0.4 is 0 Å². The standard InChI is InChI=1S/C17H26/c1-12-6-5-9-16(12)15-10-13(2)17(11-15)14-7-3-4-8-14/h11-12,14,16H,3-10H2,1-2H3. The third-order valence-corrected chi connectivity index (χ3v) is 5.44. The summed E-state index contributed by atoms with van der Waals surface area (Å²) in [6.07, 6.45) is 14.1. The van der Waals surface area contributed by atoms with Crippen molar-refractivity contribution < 1.29 is 0 Å². The number of hydrogen-bond donors (Lipinski definition) is 0. The first kappa shape index (κ1) is 11.6. The molecule has 0 saturated heterocycles. The summed E-state index contributed by atoms with van der Waals surface area (Å²) in [5, 5.41) is 0. The fraction of sp³-hybridized carbons (Fsp3) is 0.765. The SMILES string of the molecule is CC1=C(C2CCCC2)C=C(C2CCCC2C)C1. The highest BCUT2D eigenvalue weighted by molar-refractivity contribution is 5.41. The van der Waals surface area contributed by atoms with Crippen molar-refractivity contribution in [3.05, 3.63) is 22.8 Å². The van der Waals surface area contributed by atoms with Gasteiger partial charge in [0.05, 0.1) is 0 Å². The molecule has 3 rings (SSSR count). The Hall–Kier alpha value is -0.520. The zero-order chi connectivity index (χ0) is 11.8. The average Bonchev–Trinajstić information content (AvgIpc) is 2.97. The van der Waals surface area contributed by atoms with Gasteiger partial charge in [0.15, 0.2) is 0 Å². The van der Waals surface area contributed by atoms with Crippen LogP contribution in [-0.4, -0.2) is 0 Å². The quantitative estimate of drug-likeness (QED) is 0.607. The second kappa shape index (κ2) is 4.63. The molecule has 0 heterocycles. The molecule has 2 atom stereocenters. The van der Waals surface area contributed by atoms with Gasteiger partial charge in [0.1, 0.15) is 0 Å². The molecule has 0 N–H and O–H groups in total. The molecule has 2 fully saturated rings. The smallest absolute Gasteiger partial charge is 0.00992 e. The lowest BCUT2D eigenvalue weighted by molar-refractivity contribution is 0.474. The minimum atomic E-state index is 0.920. The van der Waals surface area contributed by atoms with Gasteiger partial charge < -0.3 is 0 Å². The van der Waals surface area contributed by atoms with Crippen LogP contribution in [-0.2, 0) is 0 Å². The molecular weight excluding hydrogens is 204 g/mol. The Morgan fingerprint density at radius 2 is 1.76 bits per heavy atom. The van der Waals surface area contributed by atoms with Gasteiger partial charge >= 0.3 is 0 Å². The molecule has 0 spiro atoms. The summed E-state index contributed by atoms with van der Waals surface area (Å²) in [6.45, 7) is 4.85. The third-order valence-electron chi connectivity index (χ3n) is 5.44. The molecule has 2 unspecified atom stereocenters. The molecule has 0 amide bonds. The lowest BCUT2D eigenvalue weighted by Crippen LogP contribution is -2.06. The second-order valence-electron chi connectivity index (χ2n) is 6.63. The third kappa shape index (κ3) is 2.11. The molecule has 0 aromatic carbocycles. The van der Waals surface area contributed by atoms with E-state index in [9.17, 15) is 0 Å². The molecule has 2 saturated carbocycles. The van der Waals surface area contributed by atoms with Gasteiger partial charge in [-0.05, 0) is 55.9 Å². The molecule has 3 aliphatic rings. The molecule has 0 aliphatic heterocycles. The van der Waals surface area contributed by atoms with E-state index in [1.54, 1.807) is 16.7 Å². The van der Waals surface area contributed by atoms with Crippen molar-refractivity contribution in [2.24, 2.45) is 17.8 Å². The predicted molar refractivity (Wildman–Crippen MR) is 73.9 cm³/mol. The van der Waals surface area contributed by atoms with Crippen LogP contribution in [0.4, 0.5) is 0 Å². The van der Waals surface area contributed by atoms with Crippen LogP contribution in [0, 0.1) is 17.8 Å². The van der Waals surface area contributed by atoms with E-state index in [4.69, 9.17) is 0 Å². The van der Waals surface area contributed by atoms with Gasteiger partial charge in [-0.2, -0.15) is 0 Å². The predicted octanol–water partition coefficient (Wildman–Crippen LogP) is 5.26.